The van der Waals surface area contributed by atoms with Gasteiger partial charge in [-0.15, -0.1) is 0 Å². The zero-order valence-electron chi connectivity index (χ0n) is 19.2. The van der Waals surface area contributed by atoms with Crippen LogP contribution in [0.3, 0.4) is 0 Å². The van der Waals surface area contributed by atoms with Crippen LogP contribution in [0, 0.1) is 32.6 Å². The molecule has 168 valence electrons. The van der Waals surface area contributed by atoms with Crippen molar-refractivity contribution in [3.8, 4) is 0 Å². The molecule has 0 aliphatic heterocycles. The summed E-state index contributed by atoms with van der Waals surface area (Å²) in [6.45, 7) is 9.44. The number of aryl methyl sites for hydroxylation is 3. The van der Waals surface area contributed by atoms with E-state index in [1.54, 1.807) is 12.2 Å². The van der Waals surface area contributed by atoms with Gasteiger partial charge in [0.15, 0.2) is 0 Å². The molecule has 0 spiro atoms. The molecule has 0 saturated heterocycles. The van der Waals surface area contributed by atoms with E-state index in [-0.39, 0.29) is 11.9 Å². The predicted octanol–water partition coefficient (Wildman–Crippen LogP) is 4.50. The molecule has 0 heterocycles. The Balaban J connectivity index is 2.30. The third kappa shape index (κ3) is 6.77. The maximum absolute atomic E-state index is 13.2. The zero-order valence-corrected chi connectivity index (χ0v) is 20.0. The van der Waals surface area contributed by atoms with E-state index < -0.39 is 22.0 Å². The van der Waals surface area contributed by atoms with Crippen LogP contribution in [0.2, 0.25) is 0 Å². The molecule has 0 radical (unpaired) electrons. The number of esters is 1. The maximum Gasteiger partial charge on any atom is 0.312 e. The van der Waals surface area contributed by atoms with Gasteiger partial charge in [-0.2, -0.15) is 0 Å². The van der Waals surface area contributed by atoms with Crippen molar-refractivity contribution in [2.24, 2.45) is 11.8 Å². The number of ether oxygens (including phenoxy) is 1. The molecule has 0 amide bonds. The summed E-state index contributed by atoms with van der Waals surface area (Å²) in [5.41, 5.74) is 3.47. The predicted molar refractivity (Wildman–Crippen MR) is 124 cm³/mol. The molecule has 0 aliphatic carbocycles. The average molecular weight is 444 g/mol. The lowest BCUT2D eigenvalue weighted by Crippen LogP contribution is -2.38. The Labute approximate surface area is 186 Å². The van der Waals surface area contributed by atoms with Gasteiger partial charge >= 0.3 is 5.97 Å². The fraction of sp³-hybridized carbons (Fsp3) is 0.400. The molecule has 5 nitrogen and oxygen atoms in total. The molecule has 6 heteroatoms. The Morgan fingerprint density at radius 3 is 2.13 bits per heavy atom. The number of methoxy groups -OCH3 is 1. The van der Waals surface area contributed by atoms with E-state index >= 15 is 0 Å². The molecule has 31 heavy (non-hydrogen) atoms. The molecule has 2 rings (SSSR count). The minimum Gasteiger partial charge on any atom is -0.469 e. The highest BCUT2D eigenvalue weighted by molar-refractivity contribution is 7.89. The summed E-state index contributed by atoms with van der Waals surface area (Å²) in [7, 11) is -2.37. The summed E-state index contributed by atoms with van der Waals surface area (Å²) in [6, 6.07) is 12.9. The maximum atomic E-state index is 13.2. The van der Waals surface area contributed by atoms with Crippen molar-refractivity contribution in [3.05, 3.63) is 76.9 Å². The van der Waals surface area contributed by atoms with Crippen molar-refractivity contribution in [2.75, 3.05) is 7.11 Å². The Hall–Kier alpha value is -2.44. The summed E-state index contributed by atoms with van der Waals surface area (Å²) in [5.74, 6) is -0.858. The lowest BCUT2D eigenvalue weighted by molar-refractivity contribution is -0.143. The highest BCUT2D eigenvalue weighted by atomic mass is 32.2. The highest BCUT2D eigenvalue weighted by Gasteiger charge is 2.25. The van der Waals surface area contributed by atoms with E-state index in [4.69, 9.17) is 4.74 Å². The molecule has 2 atom stereocenters. The average Bonchev–Trinajstić information content (AvgIpc) is 2.68. The van der Waals surface area contributed by atoms with Crippen LogP contribution in [0.15, 0.2) is 59.5 Å². The Kier molecular flexibility index (Phi) is 8.60. The van der Waals surface area contributed by atoms with Gasteiger partial charge in [-0.1, -0.05) is 74.0 Å². The second kappa shape index (κ2) is 10.7. The van der Waals surface area contributed by atoms with Crippen molar-refractivity contribution in [2.45, 2.75) is 52.0 Å². The van der Waals surface area contributed by atoms with E-state index in [0.29, 0.717) is 22.4 Å². The molecule has 0 bridgehead atoms. The van der Waals surface area contributed by atoms with Crippen LogP contribution in [0.4, 0.5) is 0 Å². The number of carbonyl (C=O) groups excluding carboxylic acids is 1. The summed E-state index contributed by atoms with van der Waals surface area (Å²) < 4.78 is 34.2. The quantitative estimate of drug-likeness (QED) is 0.457. The number of hydrogen-bond acceptors (Lipinski definition) is 4. The van der Waals surface area contributed by atoms with Crippen molar-refractivity contribution in [1.82, 2.24) is 4.72 Å². The van der Waals surface area contributed by atoms with Gasteiger partial charge in [0.2, 0.25) is 10.0 Å². The number of sulfonamides is 1. The largest absolute Gasteiger partial charge is 0.469 e. The van der Waals surface area contributed by atoms with E-state index in [2.05, 4.69) is 4.72 Å². The highest BCUT2D eigenvalue weighted by Crippen LogP contribution is 2.23. The Morgan fingerprint density at radius 2 is 1.61 bits per heavy atom. The van der Waals surface area contributed by atoms with E-state index in [0.717, 1.165) is 11.1 Å². The van der Waals surface area contributed by atoms with Crippen molar-refractivity contribution in [3.63, 3.8) is 0 Å². The number of nitrogens with one attached hydrogen (secondary N) is 1. The van der Waals surface area contributed by atoms with E-state index in [9.17, 15) is 13.2 Å². The number of rotatable bonds is 9. The van der Waals surface area contributed by atoms with Crippen molar-refractivity contribution in [1.29, 1.82) is 0 Å². The number of benzene rings is 2. The summed E-state index contributed by atoms with van der Waals surface area (Å²) in [4.78, 5) is 12.6. The first-order valence-corrected chi connectivity index (χ1v) is 11.9. The van der Waals surface area contributed by atoms with Gasteiger partial charge in [-0.3, -0.25) is 4.79 Å². The lowest BCUT2D eigenvalue weighted by Gasteiger charge is -2.22. The Bertz CT molecular complexity index is 1000. The molecule has 0 saturated carbocycles. The zero-order chi connectivity index (χ0) is 23.2. The van der Waals surface area contributed by atoms with Gasteiger partial charge in [0.1, 0.15) is 0 Å². The first-order valence-electron chi connectivity index (χ1n) is 10.5. The molecule has 0 aliphatic rings. The summed E-state index contributed by atoms with van der Waals surface area (Å²) in [6.07, 6.45) is 4.00. The normalized spacial score (nSPS) is 14.0. The topological polar surface area (TPSA) is 72.5 Å². The van der Waals surface area contributed by atoms with Crippen LogP contribution in [0.1, 0.15) is 36.1 Å². The van der Waals surface area contributed by atoms with Crippen LogP contribution in [0.25, 0.3) is 0 Å². The van der Waals surface area contributed by atoms with Crippen LogP contribution in [0.5, 0.6) is 0 Å². The smallest absolute Gasteiger partial charge is 0.312 e. The minimum absolute atomic E-state index is 0.00731. The molecule has 0 unspecified atom stereocenters. The molecule has 1 N–H and O–H groups in total. The van der Waals surface area contributed by atoms with Crippen LogP contribution < -0.4 is 4.72 Å². The molecular formula is C25H33NO4S. The second-order valence-electron chi connectivity index (χ2n) is 8.32. The van der Waals surface area contributed by atoms with E-state index in [1.165, 1.54) is 7.11 Å². The third-order valence-electron chi connectivity index (χ3n) is 5.24. The second-order valence-corrected chi connectivity index (χ2v) is 9.97. The fourth-order valence-electron chi connectivity index (χ4n) is 3.73. The van der Waals surface area contributed by atoms with Gasteiger partial charge in [-0.05, 0) is 49.8 Å². The molecule has 2 aromatic rings. The van der Waals surface area contributed by atoms with E-state index in [1.807, 2.05) is 77.1 Å². The summed E-state index contributed by atoms with van der Waals surface area (Å²) >= 11 is 0. The molecule has 2 aromatic carbocycles. The fourth-order valence-corrected chi connectivity index (χ4v) is 5.52. The van der Waals surface area contributed by atoms with Crippen LogP contribution in [-0.4, -0.2) is 27.5 Å². The van der Waals surface area contributed by atoms with Crippen LogP contribution >= 0.6 is 0 Å². The first-order chi connectivity index (χ1) is 14.5. The van der Waals surface area contributed by atoms with Crippen LogP contribution in [-0.2, 0) is 26.0 Å². The van der Waals surface area contributed by atoms with Gasteiger partial charge in [0.05, 0.1) is 17.9 Å². The van der Waals surface area contributed by atoms with Gasteiger partial charge in [0.25, 0.3) is 0 Å². The SMILES string of the molecule is COC(=O)[C@@H](/C=C/[C@@H](NS(=O)(=O)c1c(C)cc(C)cc1C)C(C)C)Cc1ccccc1. The molecule has 0 aromatic heterocycles. The minimum atomic E-state index is -3.73. The molecular weight excluding hydrogens is 410 g/mol. The van der Waals surface area contributed by atoms with Gasteiger partial charge < -0.3 is 4.74 Å². The standard InChI is InChI=1S/C25H33NO4S/c1-17(2)23(26-31(28,29)24-19(4)14-18(3)15-20(24)5)13-12-22(25(27)30-6)16-21-10-8-7-9-11-21/h7-15,17,22-23,26H,16H2,1-6H3/b13-12+/t22-,23+/m0/s1. The number of hydrogen-bond donors (Lipinski definition) is 1. The van der Waals surface area contributed by atoms with Crippen molar-refractivity contribution >= 4 is 16.0 Å². The first kappa shape index (κ1) is 24.8. The monoisotopic (exact) mass is 443 g/mol. The molecule has 0 fully saturated rings. The van der Waals surface area contributed by atoms with Gasteiger partial charge in [-0.25, -0.2) is 13.1 Å². The third-order valence-corrected chi connectivity index (χ3v) is 7.00. The number of carbonyl (C=O) groups is 1. The Morgan fingerprint density at radius 1 is 1.03 bits per heavy atom. The lowest BCUT2D eigenvalue weighted by atomic mass is 9.96. The summed E-state index contributed by atoms with van der Waals surface area (Å²) in [5, 5.41) is 0. The van der Waals surface area contributed by atoms with Crippen molar-refractivity contribution < 1.29 is 17.9 Å². The van der Waals surface area contributed by atoms with Gasteiger partial charge in [0, 0.05) is 6.04 Å².